The van der Waals surface area contributed by atoms with Gasteiger partial charge in [-0.2, -0.15) is 0 Å². The minimum atomic E-state index is 0.00473. The first-order valence-electron chi connectivity index (χ1n) is 6.07. The zero-order chi connectivity index (χ0) is 13.5. The van der Waals surface area contributed by atoms with Gasteiger partial charge in [-0.05, 0) is 24.6 Å². The van der Waals surface area contributed by atoms with Crippen LogP contribution in [0.15, 0.2) is 48.8 Å². The van der Waals surface area contributed by atoms with Crippen molar-refractivity contribution in [2.45, 2.75) is 12.7 Å². The van der Waals surface area contributed by atoms with Crippen molar-refractivity contribution in [2.24, 2.45) is 0 Å². The Labute approximate surface area is 117 Å². The van der Waals surface area contributed by atoms with Crippen LogP contribution in [0.1, 0.15) is 11.1 Å². The van der Waals surface area contributed by atoms with Gasteiger partial charge in [-0.3, -0.25) is 9.78 Å². The Kier molecular flexibility index (Phi) is 4.98. The SMILES string of the molecule is Cc1ccc(CSCC(=O)Nc2cccnc2)cc1. The standard InChI is InChI=1S/C15H16N2OS/c1-12-4-6-13(7-5-12)10-19-11-15(18)17-14-3-2-8-16-9-14/h2-9H,10-11H2,1H3,(H,17,18). The van der Waals surface area contributed by atoms with Crippen molar-refractivity contribution in [3.63, 3.8) is 0 Å². The molecule has 0 fully saturated rings. The maximum atomic E-state index is 11.7. The molecule has 1 heterocycles. The molecule has 0 aliphatic rings. The number of anilines is 1. The number of thioether (sulfide) groups is 1. The lowest BCUT2D eigenvalue weighted by Gasteiger charge is -2.05. The summed E-state index contributed by atoms with van der Waals surface area (Å²) in [7, 11) is 0. The smallest absolute Gasteiger partial charge is 0.234 e. The number of aromatic nitrogens is 1. The summed E-state index contributed by atoms with van der Waals surface area (Å²) in [4.78, 5) is 15.6. The summed E-state index contributed by atoms with van der Waals surface area (Å²) in [6, 6.07) is 12.0. The number of hydrogen-bond donors (Lipinski definition) is 1. The summed E-state index contributed by atoms with van der Waals surface area (Å²) in [6.07, 6.45) is 3.32. The highest BCUT2D eigenvalue weighted by Crippen LogP contribution is 2.13. The summed E-state index contributed by atoms with van der Waals surface area (Å²) >= 11 is 1.61. The molecule has 0 unspecified atom stereocenters. The van der Waals surface area contributed by atoms with Gasteiger partial charge in [0.05, 0.1) is 17.6 Å². The molecule has 0 saturated carbocycles. The summed E-state index contributed by atoms with van der Waals surface area (Å²) in [5.41, 5.74) is 3.23. The molecule has 3 nitrogen and oxygen atoms in total. The number of benzene rings is 1. The molecule has 0 aliphatic heterocycles. The molecule has 2 aromatic rings. The molecular weight excluding hydrogens is 256 g/mol. The molecule has 2 rings (SSSR count). The topological polar surface area (TPSA) is 42.0 Å². The zero-order valence-corrected chi connectivity index (χ0v) is 11.6. The van der Waals surface area contributed by atoms with Crippen LogP contribution in [0.25, 0.3) is 0 Å². The summed E-state index contributed by atoms with van der Waals surface area (Å²) in [6.45, 7) is 2.07. The summed E-state index contributed by atoms with van der Waals surface area (Å²) in [5, 5.41) is 2.82. The monoisotopic (exact) mass is 272 g/mol. The number of pyridine rings is 1. The van der Waals surface area contributed by atoms with Gasteiger partial charge in [-0.25, -0.2) is 0 Å². The maximum absolute atomic E-state index is 11.7. The van der Waals surface area contributed by atoms with E-state index in [0.717, 1.165) is 11.4 Å². The van der Waals surface area contributed by atoms with Crippen LogP contribution in [0.5, 0.6) is 0 Å². The number of hydrogen-bond acceptors (Lipinski definition) is 3. The third-order valence-electron chi connectivity index (χ3n) is 2.57. The molecule has 0 saturated heterocycles. The number of carbonyl (C=O) groups excluding carboxylic acids is 1. The van der Waals surface area contributed by atoms with E-state index < -0.39 is 0 Å². The molecule has 0 spiro atoms. The minimum Gasteiger partial charge on any atom is -0.324 e. The Bertz CT molecular complexity index is 526. The van der Waals surface area contributed by atoms with Gasteiger partial charge < -0.3 is 5.32 Å². The molecule has 1 amide bonds. The molecule has 1 aromatic carbocycles. The zero-order valence-electron chi connectivity index (χ0n) is 10.8. The summed E-state index contributed by atoms with van der Waals surface area (Å²) in [5.74, 6) is 1.30. The van der Waals surface area contributed by atoms with Crippen LogP contribution in [0.4, 0.5) is 5.69 Å². The van der Waals surface area contributed by atoms with Crippen LogP contribution in [0.3, 0.4) is 0 Å². The molecule has 4 heteroatoms. The fourth-order valence-corrected chi connectivity index (χ4v) is 2.37. The second-order valence-corrected chi connectivity index (χ2v) is 5.25. The molecule has 0 atom stereocenters. The first-order chi connectivity index (χ1) is 9.24. The van der Waals surface area contributed by atoms with E-state index in [-0.39, 0.29) is 5.91 Å². The second-order valence-electron chi connectivity index (χ2n) is 4.27. The van der Waals surface area contributed by atoms with Crippen molar-refractivity contribution in [2.75, 3.05) is 11.1 Å². The fraction of sp³-hybridized carbons (Fsp3) is 0.200. The lowest BCUT2D eigenvalue weighted by molar-refractivity contribution is -0.113. The largest absolute Gasteiger partial charge is 0.324 e. The van der Waals surface area contributed by atoms with E-state index in [2.05, 4.69) is 41.5 Å². The predicted molar refractivity (Wildman–Crippen MR) is 80.2 cm³/mol. The lowest BCUT2D eigenvalue weighted by atomic mass is 10.2. The number of nitrogens with zero attached hydrogens (tertiary/aromatic N) is 1. The third kappa shape index (κ3) is 4.75. The van der Waals surface area contributed by atoms with Gasteiger partial charge >= 0.3 is 0 Å². The minimum absolute atomic E-state index is 0.00473. The molecule has 0 radical (unpaired) electrons. The van der Waals surface area contributed by atoms with Crippen LogP contribution in [-0.2, 0) is 10.5 Å². The maximum Gasteiger partial charge on any atom is 0.234 e. The Morgan fingerprint density at radius 2 is 2.05 bits per heavy atom. The van der Waals surface area contributed by atoms with Gasteiger partial charge in [0.1, 0.15) is 0 Å². The van der Waals surface area contributed by atoms with Crippen molar-refractivity contribution in [3.8, 4) is 0 Å². The van der Waals surface area contributed by atoms with Crippen molar-refractivity contribution in [3.05, 3.63) is 59.9 Å². The first kappa shape index (κ1) is 13.6. The Morgan fingerprint density at radius 1 is 1.26 bits per heavy atom. The lowest BCUT2D eigenvalue weighted by Crippen LogP contribution is -2.14. The molecule has 1 N–H and O–H groups in total. The van der Waals surface area contributed by atoms with Crippen molar-refractivity contribution >= 4 is 23.4 Å². The van der Waals surface area contributed by atoms with Crippen LogP contribution in [0.2, 0.25) is 0 Å². The average Bonchev–Trinajstić information content (AvgIpc) is 2.42. The Balaban J connectivity index is 1.74. The van der Waals surface area contributed by atoms with Crippen LogP contribution >= 0.6 is 11.8 Å². The van der Waals surface area contributed by atoms with E-state index in [1.807, 2.05) is 6.07 Å². The van der Waals surface area contributed by atoms with Crippen molar-refractivity contribution in [1.82, 2.24) is 4.98 Å². The fourth-order valence-electron chi connectivity index (χ4n) is 1.58. The van der Waals surface area contributed by atoms with E-state index in [1.54, 1.807) is 30.2 Å². The van der Waals surface area contributed by atoms with E-state index >= 15 is 0 Å². The Morgan fingerprint density at radius 3 is 2.74 bits per heavy atom. The first-order valence-corrected chi connectivity index (χ1v) is 7.23. The van der Waals surface area contributed by atoms with Gasteiger partial charge in [0.25, 0.3) is 0 Å². The highest BCUT2D eigenvalue weighted by Gasteiger charge is 2.02. The number of carbonyl (C=O) groups is 1. The average molecular weight is 272 g/mol. The van der Waals surface area contributed by atoms with E-state index in [1.165, 1.54) is 11.1 Å². The normalized spacial score (nSPS) is 10.2. The van der Waals surface area contributed by atoms with E-state index in [9.17, 15) is 4.79 Å². The third-order valence-corrected chi connectivity index (χ3v) is 3.57. The highest BCUT2D eigenvalue weighted by molar-refractivity contribution is 7.99. The van der Waals surface area contributed by atoms with Gasteiger partial charge in [0.15, 0.2) is 0 Å². The van der Waals surface area contributed by atoms with Crippen molar-refractivity contribution in [1.29, 1.82) is 0 Å². The predicted octanol–water partition coefficient (Wildman–Crippen LogP) is 3.26. The van der Waals surface area contributed by atoms with Crippen LogP contribution in [-0.4, -0.2) is 16.6 Å². The number of aryl methyl sites for hydroxylation is 1. The molecule has 1 aromatic heterocycles. The van der Waals surface area contributed by atoms with Gasteiger partial charge in [-0.15, -0.1) is 11.8 Å². The number of amides is 1. The quantitative estimate of drug-likeness (QED) is 0.908. The van der Waals surface area contributed by atoms with Gasteiger partial charge in [0, 0.05) is 11.9 Å². The second kappa shape index (κ2) is 6.95. The van der Waals surface area contributed by atoms with Gasteiger partial charge in [-0.1, -0.05) is 29.8 Å². The molecule has 98 valence electrons. The number of rotatable bonds is 5. The van der Waals surface area contributed by atoms with Gasteiger partial charge in [0.2, 0.25) is 5.91 Å². The molecule has 0 aliphatic carbocycles. The van der Waals surface area contributed by atoms with Crippen LogP contribution in [0, 0.1) is 6.92 Å². The Hall–Kier alpha value is -1.81. The number of nitrogens with one attached hydrogen (secondary N) is 1. The molecule has 0 bridgehead atoms. The molecule has 19 heavy (non-hydrogen) atoms. The van der Waals surface area contributed by atoms with Crippen molar-refractivity contribution < 1.29 is 4.79 Å². The summed E-state index contributed by atoms with van der Waals surface area (Å²) < 4.78 is 0. The van der Waals surface area contributed by atoms with E-state index in [0.29, 0.717) is 5.75 Å². The highest BCUT2D eigenvalue weighted by atomic mass is 32.2. The van der Waals surface area contributed by atoms with E-state index in [4.69, 9.17) is 0 Å². The molecular formula is C15H16N2OS. The van der Waals surface area contributed by atoms with Crippen LogP contribution < -0.4 is 5.32 Å².